The Hall–Kier alpha value is -4.18. The average Bonchev–Trinajstić information content (AvgIpc) is 3.33. The number of nitrogens with zero attached hydrogens (tertiary/aromatic N) is 3. The minimum atomic E-state index is -4.74. The van der Waals surface area contributed by atoms with E-state index in [1.165, 1.54) is 35.9 Å². The molecule has 0 N–H and O–H groups in total. The summed E-state index contributed by atoms with van der Waals surface area (Å²) < 4.78 is 71.0. The molecule has 0 radical (unpaired) electrons. The number of benzene rings is 2. The first kappa shape index (κ1) is 26.4. The van der Waals surface area contributed by atoms with Crippen LogP contribution in [0.25, 0.3) is 22.2 Å². The molecule has 0 bridgehead atoms. The van der Waals surface area contributed by atoms with Gasteiger partial charge in [-0.2, -0.15) is 13.2 Å². The molecule has 5 rings (SSSR count). The number of aromatic nitrogens is 3. The Balaban J connectivity index is 1.90. The third-order valence-electron chi connectivity index (χ3n) is 6.80. The van der Waals surface area contributed by atoms with Gasteiger partial charge in [0.2, 0.25) is 0 Å². The normalized spacial score (nSPS) is 13.1. The number of pyridine rings is 2. The van der Waals surface area contributed by atoms with E-state index in [1.807, 2.05) is 37.3 Å². The molecule has 6 nitrogen and oxygen atoms in total. The molecule has 5 aromatic rings. The lowest BCUT2D eigenvalue weighted by Crippen LogP contribution is -2.24. The highest BCUT2D eigenvalue weighted by atomic mass is 32.2. The number of alkyl halides is 3. The number of rotatable bonds is 5. The van der Waals surface area contributed by atoms with Crippen LogP contribution >= 0.6 is 0 Å². The van der Waals surface area contributed by atoms with Gasteiger partial charge in [-0.15, -0.1) is 0 Å². The Labute approximate surface area is 223 Å². The molecule has 3 heterocycles. The van der Waals surface area contributed by atoms with E-state index < -0.39 is 27.5 Å². The van der Waals surface area contributed by atoms with Crippen LogP contribution in [-0.4, -0.2) is 21.9 Å². The number of fused-ring (bicyclic) bond motifs is 1. The van der Waals surface area contributed by atoms with Gasteiger partial charge in [0.1, 0.15) is 11.2 Å². The Kier molecular flexibility index (Phi) is 6.46. The van der Waals surface area contributed by atoms with Crippen LogP contribution in [-0.2, 0) is 23.2 Å². The summed E-state index contributed by atoms with van der Waals surface area (Å²) in [5.41, 5.74) is 0.396. The molecule has 39 heavy (non-hydrogen) atoms. The first-order chi connectivity index (χ1) is 18.4. The van der Waals surface area contributed by atoms with E-state index in [9.17, 15) is 26.4 Å². The molecule has 0 saturated carbocycles. The van der Waals surface area contributed by atoms with Gasteiger partial charge in [0.05, 0.1) is 10.6 Å². The fourth-order valence-electron chi connectivity index (χ4n) is 4.70. The molecular formula is C29H24F3N3O3S. The van der Waals surface area contributed by atoms with Gasteiger partial charge in [0, 0.05) is 36.3 Å². The van der Waals surface area contributed by atoms with Gasteiger partial charge in [0.25, 0.3) is 15.6 Å². The Bertz CT molecular complexity index is 1860. The highest BCUT2D eigenvalue weighted by Gasteiger charge is 2.34. The third kappa shape index (κ3) is 4.65. The summed E-state index contributed by atoms with van der Waals surface area (Å²) in [6.45, 7) is 3.73. The van der Waals surface area contributed by atoms with Crippen LogP contribution in [0.4, 0.5) is 13.2 Å². The average molecular weight is 552 g/mol. The third-order valence-corrected chi connectivity index (χ3v) is 8.52. The molecule has 0 fully saturated rings. The summed E-state index contributed by atoms with van der Waals surface area (Å²) in [5, 5.41) is 0.338. The van der Waals surface area contributed by atoms with Crippen molar-refractivity contribution in [2.24, 2.45) is 7.05 Å². The molecule has 0 aliphatic heterocycles. The van der Waals surface area contributed by atoms with E-state index in [0.29, 0.717) is 10.9 Å². The summed E-state index contributed by atoms with van der Waals surface area (Å²) in [6.07, 6.45) is -2.13. The lowest BCUT2D eigenvalue weighted by molar-refractivity contribution is -0.141. The van der Waals surface area contributed by atoms with E-state index >= 15 is 0 Å². The van der Waals surface area contributed by atoms with Crippen molar-refractivity contribution >= 4 is 20.9 Å². The van der Waals surface area contributed by atoms with Gasteiger partial charge in [0.15, 0.2) is 0 Å². The van der Waals surface area contributed by atoms with Crippen molar-refractivity contribution in [2.75, 3.05) is 0 Å². The highest BCUT2D eigenvalue weighted by molar-refractivity contribution is 7.90. The molecule has 10 heteroatoms. The first-order valence-corrected chi connectivity index (χ1v) is 13.5. The fraction of sp³-hybridized carbons (Fsp3) is 0.172. The van der Waals surface area contributed by atoms with Crippen LogP contribution in [0, 0.1) is 6.92 Å². The molecular weight excluding hydrogens is 527 g/mol. The molecule has 200 valence electrons. The van der Waals surface area contributed by atoms with Crippen molar-refractivity contribution in [3.05, 3.63) is 118 Å². The second-order valence-electron chi connectivity index (χ2n) is 9.43. The largest absolute Gasteiger partial charge is 0.433 e. The topological polar surface area (TPSA) is 74.0 Å². The van der Waals surface area contributed by atoms with Crippen molar-refractivity contribution < 1.29 is 21.6 Å². The second kappa shape index (κ2) is 9.53. The highest BCUT2D eigenvalue weighted by Crippen LogP contribution is 2.37. The van der Waals surface area contributed by atoms with Crippen LogP contribution < -0.4 is 5.56 Å². The number of hydrogen-bond donors (Lipinski definition) is 0. The SMILES string of the molecule is Cc1ccc(S(=O)(=O)n2c(-c3ccnc(C(F)(F)F)c3)cc3c(C(C)c4ccccc4)cn(C)c(=O)c32)cc1. The molecule has 0 amide bonds. The summed E-state index contributed by atoms with van der Waals surface area (Å²) in [4.78, 5) is 16.9. The minimum Gasteiger partial charge on any atom is -0.316 e. The molecule has 0 saturated heterocycles. The van der Waals surface area contributed by atoms with Crippen LogP contribution in [0.1, 0.15) is 35.2 Å². The van der Waals surface area contributed by atoms with Crippen molar-refractivity contribution in [1.29, 1.82) is 0 Å². The van der Waals surface area contributed by atoms with E-state index in [-0.39, 0.29) is 27.6 Å². The zero-order chi connectivity index (χ0) is 28.1. The number of hydrogen-bond acceptors (Lipinski definition) is 4. The fourth-order valence-corrected chi connectivity index (χ4v) is 6.22. The molecule has 0 aliphatic carbocycles. The first-order valence-electron chi connectivity index (χ1n) is 12.1. The van der Waals surface area contributed by atoms with Crippen LogP contribution in [0.3, 0.4) is 0 Å². The van der Waals surface area contributed by atoms with E-state index in [1.54, 1.807) is 25.3 Å². The van der Waals surface area contributed by atoms with Crippen molar-refractivity contribution in [3.8, 4) is 11.3 Å². The predicted octanol–water partition coefficient (Wildman–Crippen LogP) is 6.12. The van der Waals surface area contributed by atoms with E-state index in [2.05, 4.69) is 4.98 Å². The molecule has 1 unspecified atom stereocenters. The minimum absolute atomic E-state index is 0.0374. The zero-order valence-corrected chi connectivity index (χ0v) is 22.1. The van der Waals surface area contributed by atoms with E-state index in [0.717, 1.165) is 27.4 Å². The molecule has 1 atom stereocenters. The lowest BCUT2D eigenvalue weighted by Gasteiger charge is -2.16. The lowest BCUT2D eigenvalue weighted by atomic mass is 9.92. The van der Waals surface area contributed by atoms with Crippen molar-refractivity contribution in [2.45, 2.75) is 30.8 Å². The summed E-state index contributed by atoms with van der Waals surface area (Å²) in [5.74, 6) is -0.255. The van der Waals surface area contributed by atoms with Crippen LogP contribution in [0.2, 0.25) is 0 Å². The summed E-state index contributed by atoms with van der Waals surface area (Å²) in [7, 11) is -2.89. The van der Waals surface area contributed by atoms with Crippen molar-refractivity contribution in [3.63, 3.8) is 0 Å². The van der Waals surface area contributed by atoms with Gasteiger partial charge in [-0.05, 0) is 48.4 Å². The Morgan fingerprint density at radius 2 is 1.62 bits per heavy atom. The van der Waals surface area contributed by atoms with Gasteiger partial charge in [-0.1, -0.05) is 55.0 Å². The van der Waals surface area contributed by atoms with Gasteiger partial charge < -0.3 is 4.57 Å². The summed E-state index contributed by atoms with van der Waals surface area (Å²) in [6, 6.07) is 19.1. The number of aryl methyl sites for hydroxylation is 2. The smallest absolute Gasteiger partial charge is 0.316 e. The standard InChI is InChI=1S/C29H24F3N3O3S/c1-18-9-11-22(12-10-18)39(37,38)35-25(21-13-14-33-26(15-21)29(30,31)32)16-23-24(17-34(3)28(36)27(23)35)19(2)20-7-5-4-6-8-20/h4-17,19H,1-3H3. The van der Waals surface area contributed by atoms with Gasteiger partial charge in [-0.3, -0.25) is 9.78 Å². The maximum absolute atomic E-state index is 14.1. The maximum Gasteiger partial charge on any atom is 0.433 e. The van der Waals surface area contributed by atoms with Crippen LogP contribution in [0.5, 0.6) is 0 Å². The molecule has 0 spiro atoms. The number of halogens is 3. The van der Waals surface area contributed by atoms with Gasteiger partial charge in [-0.25, -0.2) is 12.4 Å². The van der Waals surface area contributed by atoms with Crippen molar-refractivity contribution in [1.82, 2.24) is 13.5 Å². The molecule has 0 aliphatic rings. The van der Waals surface area contributed by atoms with Gasteiger partial charge >= 0.3 is 6.18 Å². The molecule has 3 aromatic heterocycles. The monoisotopic (exact) mass is 551 g/mol. The maximum atomic E-state index is 14.1. The predicted molar refractivity (Wildman–Crippen MR) is 143 cm³/mol. The Morgan fingerprint density at radius 3 is 2.26 bits per heavy atom. The second-order valence-corrected chi connectivity index (χ2v) is 11.2. The zero-order valence-electron chi connectivity index (χ0n) is 21.3. The molecule has 2 aromatic carbocycles. The van der Waals surface area contributed by atoms with E-state index in [4.69, 9.17) is 0 Å². The quantitative estimate of drug-likeness (QED) is 0.264. The Morgan fingerprint density at radius 1 is 0.949 bits per heavy atom. The van der Waals surface area contributed by atoms with Crippen LogP contribution in [0.15, 0.2) is 94.9 Å². The summed E-state index contributed by atoms with van der Waals surface area (Å²) >= 11 is 0.